The summed E-state index contributed by atoms with van der Waals surface area (Å²) in [6, 6.07) is 10.5. The number of sulfonamides is 1. The van der Waals surface area contributed by atoms with Crippen LogP contribution in [0, 0.1) is 22.0 Å². The number of carbonyl (C=O) groups excluding carboxylic acids is 4. The molecule has 0 aliphatic carbocycles. The molecule has 14 nitrogen and oxygen atoms in total. The zero-order valence-electron chi connectivity index (χ0n) is 21.6. The van der Waals surface area contributed by atoms with Crippen LogP contribution in [0.5, 0.6) is 0 Å². The molecule has 2 heterocycles. The van der Waals surface area contributed by atoms with E-state index in [0.717, 1.165) is 29.2 Å². The Bertz CT molecular complexity index is 1510. The molecule has 2 amide bonds. The lowest BCUT2D eigenvalue weighted by Gasteiger charge is -2.25. The predicted octanol–water partition coefficient (Wildman–Crippen LogP) is 0.381. The van der Waals surface area contributed by atoms with Gasteiger partial charge in [-0.3, -0.25) is 39.1 Å². The van der Waals surface area contributed by atoms with Crippen LogP contribution in [-0.4, -0.2) is 86.6 Å². The molecule has 2 aromatic rings. The molecule has 16 heteroatoms. The highest BCUT2D eigenvalue weighted by Crippen LogP contribution is 2.22. The number of amides is 2. The van der Waals surface area contributed by atoms with Crippen molar-refractivity contribution in [1.29, 1.82) is 0 Å². The number of benzene rings is 2. The van der Waals surface area contributed by atoms with Crippen molar-refractivity contribution < 1.29 is 41.8 Å². The Morgan fingerprint density at radius 3 is 2.10 bits per heavy atom. The largest absolute Gasteiger partial charge is 0.631 e. The maximum Gasteiger partial charge on any atom is 0.631 e. The molecule has 1 fully saturated rings. The number of hydrogen-bond acceptors (Lipinski definition) is 11. The monoisotopic (exact) mass is 582 g/mol. The summed E-state index contributed by atoms with van der Waals surface area (Å²) < 4.78 is 38.7. The van der Waals surface area contributed by atoms with Crippen molar-refractivity contribution in [3.8, 4) is 11.8 Å². The molecule has 1 N–H and O–H groups in total. The van der Waals surface area contributed by atoms with Crippen LogP contribution in [0.2, 0.25) is 0 Å². The smallest absolute Gasteiger partial charge is 0.497 e. The summed E-state index contributed by atoms with van der Waals surface area (Å²) in [6.45, 7) is -0.470. The van der Waals surface area contributed by atoms with E-state index in [1.807, 2.05) is 0 Å². The van der Waals surface area contributed by atoms with Crippen molar-refractivity contribution in [3.63, 3.8) is 0 Å². The molecule has 0 saturated carbocycles. The minimum Gasteiger partial charge on any atom is -0.497 e. The van der Waals surface area contributed by atoms with E-state index in [1.54, 1.807) is 24.3 Å². The molecule has 4 rings (SSSR count). The molecule has 0 radical (unpaired) electrons. The van der Waals surface area contributed by atoms with E-state index in [9.17, 15) is 37.7 Å². The average Bonchev–Trinajstić information content (AvgIpc) is 3.15. The lowest BCUT2D eigenvalue weighted by molar-refractivity contribution is -0.384. The lowest BCUT2D eigenvalue weighted by Crippen LogP contribution is -2.53. The van der Waals surface area contributed by atoms with Crippen molar-refractivity contribution in [3.05, 3.63) is 69.8 Å². The summed E-state index contributed by atoms with van der Waals surface area (Å²) in [6.07, 6.45) is 0.343. The number of nitrogens with one attached hydrogen (secondary N) is 1. The molecule has 1 atom stereocenters. The van der Waals surface area contributed by atoms with Gasteiger partial charge in [0.05, 0.1) is 34.0 Å². The number of unbranched alkanes of at least 4 members (excludes halogenated alkanes) is 1. The SMILES string of the molecule is CN1CC(=O)OB(C(C#CCCCN2C(=O)c3ccccc3C2=O)NS(=O)(=O)c2ccc([N+](=O)[O-])cc2)OC(=O)C1. The maximum absolute atomic E-state index is 13.1. The normalized spacial score (nSPS) is 16.6. The molecule has 1 saturated heterocycles. The topological polar surface area (TPSA) is 183 Å². The summed E-state index contributed by atoms with van der Waals surface area (Å²) in [7, 11) is -4.63. The molecule has 2 aliphatic rings. The first-order valence-corrected chi connectivity index (χ1v) is 13.7. The van der Waals surface area contributed by atoms with E-state index >= 15 is 0 Å². The van der Waals surface area contributed by atoms with E-state index in [4.69, 9.17) is 9.31 Å². The second-order valence-electron chi connectivity index (χ2n) is 9.10. The highest BCUT2D eigenvalue weighted by molar-refractivity contribution is 7.89. The first-order chi connectivity index (χ1) is 19.5. The van der Waals surface area contributed by atoms with Gasteiger partial charge < -0.3 is 9.31 Å². The number of rotatable bonds is 8. The number of nitro groups is 1. The zero-order valence-corrected chi connectivity index (χ0v) is 22.5. The van der Waals surface area contributed by atoms with Gasteiger partial charge >= 0.3 is 19.1 Å². The first kappa shape index (κ1) is 29.4. The molecule has 2 aliphatic heterocycles. The van der Waals surface area contributed by atoms with Gasteiger partial charge in [-0.1, -0.05) is 18.1 Å². The molecule has 0 bridgehead atoms. The maximum atomic E-state index is 13.1. The number of imide groups is 1. The number of carbonyl (C=O) groups is 4. The molecular formula is C25H23BN4O10S. The summed E-state index contributed by atoms with van der Waals surface area (Å²) >= 11 is 0. The molecule has 0 spiro atoms. The highest BCUT2D eigenvalue weighted by Gasteiger charge is 2.41. The minimum atomic E-state index is -4.38. The van der Waals surface area contributed by atoms with Gasteiger partial charge in [-0.25, -0.2) is 8.42 Å². The first-order valence-electron chi connectivity index (χ1n) is 12.2. The van der Waals surface area contributed by atoms with Crippen molar-refractivity contribution in [1.82, 2.24) is 14.5 Å². The van der Waals surface area contributed by atoms with Gasteiger partial charge in [0.25, 0.3) is 17.5 Å². The number of hydrogen-bond donors (Lipinski definition) is 1. The van der Waals surface area contributed by atoms with E-state index in [0.29, 0.717) is 11.1 Å². The summed E-state index contributed by atoms with van der Waals surface area (Å²) in [5, 5.41) is 10.9. The Labute approximate surface area is 234 Å². The van der Waals surface area contributed by atoms with E-state index < -0.39 is 51.8 Å². The summed E-state index contributed by atoms with van der Waals surface area (Å²) in [4.78, 5) is 61.9. The van der Waals surface area contributed by atoms with Crippen LogP contribution in [0.1, 0.15) is 33.6 Å². The Balaban J connectivity index is 1.50. The van der Waals surface area contributed by atoms with Gasteiger partial charge in [0, 0.05) is 25.1 Å². The van der Waals surface area contributed by atoms with Gasteiger partial charge in [0.1, 0.15) is 5.94 Å². The van der Waals surface area contributed by atoms with E-state index in [1.165, 1.54) is 11.9 Å². The van der Waals surface area contributed by atoms with Gasteiger partial charge in [-0.05, 0) is 37.7 Å². The fraction of sp³-hybridized carbons (Fsp3) is 0.280. The van der Waals surface area contributed by atoms with Gasteiger partial charge in [0.15, 0.2) is 0 Å². The van der Waals surface area contributed by atoms with Crippen LogP contribution in [0.25, 0.3) is 0 Å². The molecular weight excluding hydrogens is 559 g/mol. The van der Waals surface area contributed by atoms with E-state index in [-0.39, 0.29) is 43.1 Å². The van der Waals surface area contributed by atoms with Crippen molar-refractivity contribution in [2.75, 3.05) is 26.7 Å². The van der Waals surface area contributed by atoms with Crippen LogP contribution < -0.4 is 4.72 Å². The van der Waals surface area contributed by atoms with Crippen molar-refractivity contribution in [2.24, 2.45) is 0 Å². The van der Waals surface area contributed by atoms with Crippen molar-refractivity contribution >= 4 is 46.6 Å². The van der Waals surface area contributed by atoms with Crippen LogP contribution >= 0.6 is 0 Å². The molecule has 1 unspecified atom stereocenters. The molecule has 41 heavy (non-hydrogen) atoms. The van der Waals surface area contributed by atoms with Gasteiger partial charge in [0.2, 0.25) is 10.0 Å². The minimum absolute atomic E-state index is 0.0555. The fourth-order valence-corrected chi connectivity index (χ4v) is 5.21. The number of likely N-dealkylation sites (N-methyl/N-ethyl adjacent to an activating group) is 1. The number of nitrogens with zero attached hydrogens (tertiary/aromatic N) is 3. The molecule has 2 aromatic carbocycles. The third-order valence-corrected chi connectivity index (χ3v) is 7.48. The zero-order chi connectivity index (χ0) is 29.7. The van der Waals surface area contributed by atoms with Crippen molar-refractivity contribution in [2.45, 2.75) is 23.7 Å². The van der Waals surface area contributed by atoms with Crippen LogP contribution in [0.15, 0.2) is 53.4 Å². The fourth-order valence-electron chi connectivity index (χ4n) is 4.08. The second-order valence-corrected chi connectivity index (χ2v) is 10.8. The Hall–Kier alpha value is -4.59. The standard InChI is InChI=1S/C25H23BN4O10S/c1-28-15-22(31)39-26(40-23(32)16-28)21(27-41(37,38)18-12-10-17(11-13-18)30(35)36)9-3-2-6-14-29-24(33)19-7-4-5-8-20(19)25(29)34/h4-5,7-8,10-13,21,27H,2,6,14-16H2,1H3. The summed E-state index contributed by atoms with van der Waals surface area (Å²) in [5.74, 6) is 1.34. The number of non-ortho nitro benzene ring substituents is 1. The highest BCUT2D eigenvalue weighted by atomic mass is 32.2. The third-order valence-electron chi connectivity index (χ3n) is 6.02. The van der Waals surface area contributed by atoms with Crippen LogP contribution in [-0.2, 0) is 28.9 Å². The van der Waals surface area contributed by atoms with E-state index in [2.05, 4.69) is 16.6 Å². The number of nitro benzene ring substituents is 1. The Morgan fingerprint density at radius 1 is 1.00 bits per heavy atom. The average molecular weight is 582 g/mol. The summed E-state index contributed by atoms with van der Waals surface area (Å²) in [5.41, 5.74) is 0.288. The Kier molecular flexibility index (Phi) is 8.81. The Morgan fingerprint density at radius 2 is 1.56 bits per heavy atom. The second kappa shape index (κ2) is 12.3. The van der Waals surface area contributed by atoms with Crippen LogP contribution in [0.4, 0.5) is 5.69 Å². The third kappa shape index (κ3) is 6.95. The molecule has 0 aromatic heterocycles. The molecule has 212 valence electrons. The van der Waals surface area contributed by atoms with Gasteiger partial charge in [-0.2, -0.15) is 4.72 Å². The number of fused-ring (bicyclic) bond motifs is 1. The van der Waals surface area contributed by atoms with Crippen LogP contribution in [0.3, 0.4) is 0 Å². The van der Waals surface area contributed by atoms with Gasteiger partial charge in [-0.15, -0.1) is 5.92 Å². The quantitative estimate of drug-likeness (QED) is 0.113. The lowest BCUT2D eigenvalue weighted by atomic mass is 9.78. The predicted molar refractivity (Wildman–Crippen MR) is 141 cm³/mol.